The fraction of sp³-hybridized carbons (Fsp3) is 0.294. The molecule has 2 aromatic heterocycles. The predicted molar refractivity (Wildman–Crippen MR) is 85.0 cm³/mol. The lowest BCUT2D eigenvalue weighted by Crippen LogP contribution is -2.21. The lowest BCUT2D eigenvalue weighted by molar-refractivity contribution is 0.328. The van der Waals surface area contributed by atoms with Crippen molar-refractivity contribution in [1.82, 2.24) is 19.4 Å². The lowest BCUT2D eigenvalue weighted by atomic mass is 10.1. The third kappa shape index (κ3) is 3.11. The van der Waals surface area contributed by atoms with E-state index in [0.717, 1.165) is 30.9 Å². The Labute approximate surface area is 125 Å². The van der Waals surface area contributed by atoms with Crippen LogP contribution >= 0.6 is 0 Å². The van der Waals surface area contributed by atoms with Gasteiger partial charge in [0, 0.05) is 50.5 Å². The van der Waals surface area contributed by atoms with E-state index in [1.54, 1.807) is 0 Å². The average Bonchev–Trinajstić information content (AvgIpc) is 2.91. The Morgan fingerprint density at radius 2 is 2.00 bits per heavy atom. The molecule has 4 nitrogen and oxygen atoms in total. The maximum atomic E-state index is 4.42. The first-order chi connectivity index (χ1) is 10.2. The van der Waals surface area contributed by atoms with E-state index >= 15 is 0 Å². The van der Waals surface area contributed by atoms with Crippen LogP contribution in [0.4, 0.5) is 0 Å². The van der Waals surface area contributed by atoms with Gasteiger partial charge in [-0.1, -0.05) is 18.2 Å². The van der Waals surface area contributed by atoms with Gasteiger partial charge >= 0.3 is 0 Å². The van der Waals surface area contributed by atoms with E-state index in [1.807, 2.05) is 31.7 Å². The Morgan fingerprint density at radius 3 is 2.81 bits per heavy atom. The fourth-order valence-electron chi connectivity index (χ4n) is 2.60. The van der Waals surface area contributed by atoms with Crippen molar-refractivity contribution in [2.45, 2.75) is 13.0 Å². The van der Waals surface area contributed by atoms with Gasteiger partial charge in [-0.2, -0.15) is 0 Å². The highest BCUT2D eigenvalue weighted by Crippen LogP contribution is 2.17. The molecule has 2 heterocycles. The number of aryl methyl sites for hydroxylation is 1. The number of imidazole rings is 1. The van der Waals surface area contributed by atoms with Gasteiger partial charge < -0.3 is 9.47 Å². The van der Waals surface area contributed by atoms with Crippen LogP contribution in [0.25, 0.3) is 10.9 Å². The Hall–Kier alpha value is -2.20. The molecule has 0 radical (unpaired) electrons. The van der Waals surface area contributed by atoms with Crippen LogP contribution in [0.5, 0.6) is 0 Å². The van der Waals surface area contributed by atoms with Crippen molar-refractivity contribution in [2.24, 2.45) is 7.05 Å². The number of likely N-dealkylation sites (N-methyl/N-ethyl adjacent to an activating group) is 1. The van der Waals surface area contributed by atoms with Crippen molar-refractivity contribution < 1.29 is 0 Å². The monoisotopic (exact) mass is 280 g/mol. The molecule has 0 atom stereocenters. The molecule has 108 valence electrons. The van der Waals surface area contributed by atoms with E-state index in [4.69, 9.17) is 0 Å². The van der Waals surface area contributed by atoms with Gasteiger partial charge in [0.1, 0.15) is 5.82 Å². The minimum Gasteiger partial charge on any atom is -0.338 e. The first-order valence-corrected chi connectivity index (χ1v) is 7.21. The van der Waals surface area contributed by atoms with Gasteiger partial charge in [-0.05, 0) is 24.7 Å². The lowest BCUT2D eigenvalue weighted by Gasteiger charge is -2.17. The number of hydrogen-bond donors (Lipinski definition) is 0. The summed E-state index contributed by atoms with van der Waals surface area (Å²) in [5.74, 6) is 1.13. The molecule has 0 saturated heterocycles. The van der Waals surface area contributed by atoms with Gasteiger partial charge in [0.25, 0.3) is 0 Å². The van der Waals surface area contributed by atoms with Gasteiger partial charge in [-0.3, -0.25) is 4.98 Å². The van der Waals surface area contributed by atoms with Crippen LogP contribution < -0.4 is 0 Å². The van der Waals surface area contributed by atoms with Crippen molar-refractivity contribution in [3.63, 3.8) is 0 Å². The maximum Gasteiger partial charge on any atom is 0.109 e. The van der Waals surface area contributed by atoms with Crippen LogP contribution in [0.1, 0.15) is 11.4 Å². The minimum absolute atomic E-state index is 0.924. The Balaban J connectivity index is 1.69. The number of fused-ring (bicyclic) bond motifs is 1. The summed E-state index contributed by atoms with van der Waals surface area (Å²) in [5.41, 5.74) is 2.38. The number of benzene rings is 1. The predicted octanol–water partition coefficient (Wildman–Crippen LogP) is 2.64. The van der Waals surface area contributed by atoms with Crippen molar-refractivity contribution in [3.05, 3.63) is 60.3 Å². The molecule has 3 aromatic rings. The summed E-state index contributed by atoms with van der Waals surface area (Å²) in [5, 5.41) is 1.24. The molecular formula is C17H20N4. The zero-order valence-electron chi connectivity index (χ0n) is 12.5. The Bertz CT molecular complexity index is 727. The average molecular weight is 280 g/mol. The summed E-state index contributed by atoms with van der Waals surface area (Å²) >= 11 is 0. The van der Waals surface area contributed by atoms with Gasteiger partial charge in [0.15, 0.2) is 0 Å². The standard InChI is InChI=1S/C17H20N4/c1-20(11-8-17-19-10-12-21(17)2)13-14-5-3-7-16-15(14)6-4-9-18-16/h3-7,9-10,12H,8,11,13H2,1-2H3. The second kappa shape index (κ2) is 6.06. The summed E-state index contributed by atoms with van der Waals surface area (Å²) in [4.78, 5) is 11.1. The second-order valence-corrected chi connectivity index (χ2v) is 5.43. The Morgan fingerprint density at radius 1 is 1.10 bits per heavy atom. The maximum absolute atomic E-state index is 4.42. The fourth-order valence-corrected chi connectivity index (χ4v) is 2.60. The van der Waals surface area contributed by atoms with Gasteiger partial charge in [0.05, 0.1) is 5.52 Å². The summed E-state index contributed by atoms with van der Waals surface area (Å²) in [6.07, 6.45) is 6.65. The summed E-state index contributed by atoms with van der Waals surface area (Å²) < 4.78 is 2.08. The largest absolute Gasteiger partial charge is 0.338 e. The third-order valence-corrected chi connectivity index (χ3v) is 3.81. The molecule has 4 heteroatoms. The van der Waals surface area contributed by atoms with Gasteiger partial charge in [0.2, 0.25) is 0 Å². The first kappa shape index (κ1) is 13.8. The molecule has 0 unspecified atom stereocenters. The quantitative estimate of drug-likeness (QED) is 0.720. The molecule has 0 N–H and O–H groups in total. The van der Waals surface area contributed by atoms with Crippen LogP contribution in [0, 0.1) is 0 Å². The van der Waals surface area contributed by atoms with Crippen LogP contribution in [0.15, 0.2) is 48.9 Å². The van der Waals surface area contributed by atoms with Crippen LogP contribution in [-0.4, -0.2) is 33.0 Å². The van der Waals surface area contributed by atoms with Crippen LogP contribution in [0.2, 0.25) is 0 Å². The Kier molecular flexibility index (Phi) is 3.97. The number of pyridine rings is 1. The van der Waals surface area contributed by atoms with E-state index in [-0.39, 0.29) is 0 Å². The van der Waals surface area contributed by atoms with Crippen molar-refractivity contribution in [3.8, 4) is 0 Å². The highest BCUT2D eigenvalue weighted by molar-refractivity contribution is 5.81. The molecule has 0 fully saturated rings. The third-order valence-electron chi connectivity index (χ3n) is 3.81. The SMILES string of the molecule is CN(CCc1nccn1C)Cc1cccc2ncccc12. The van der Waals surface area contributed by atoms with Gasteiger partial charge in [-0.15, -0.1) is 0 Å². The smallest absolute Gasteiger partial charge is 0.109 e. The molecule has 0 aliphatic carbocycles. The van der Waals surface area contributed by atoms with Crippen molar-refractivity contribution >= 4 is 10.9 Å². The van der Waals surface area contributed by atoms with Crippen molar-refractivity contribution in [1.29, 1.82) is 0 Å². The normalized spacial score (nSPS) is 11.4. The highest BCUT2D eigenvalue weighted by Gasteiger charge is 2.06. The summed E-state index contributed by atoms with van der Waals surface area (Å²) in [6.45, 7) is 1.91. The molecule has 0 spiro atoms. The molecule has 0 aliphatic rings. The van der Waals surface area contributed by atoms with E-state index in [0.29, 0.717) is 0 Å². The molecule has 0 aliphatic heterocycles. The second-order valence-electron chi connectivity index (χ2n) is 5.43. The van der Waals surface area contributed by atoms with E-state index in [1.165, 1.54) is 10.9 Å². The van der Waals surface area contributed by atoms with E-state index in [2.05, 4.69) is 50.7 Å². The topological polar surface area (TPSA) is 34.0 Å². The molecule has 3 rings (SSSR count). The zero-order chi connectivity index (χ0) is 14.7. The molecular weight excluding hydrogens is 260 g/mol. The summed E-state index contributed by atoms with van der Waals surface area (Å²) in [6, 6.07) is 10.5. The van der Waals surface area contributed by atoms with Crippen LogP contribution in [-0.2, 0) is 20.0 Å². The molecule has 0 saturated carbocycles. The molecule has 0 bridgehead atoms. The van der Waals surface area contributed by atoms with Gasteiger partial charge in [-0.25, -0.2) is 4.98 Å². The minimum atomic E-state index is 0.924. The van der Waals surface area contributed by atoms with E-state index in [9.17, 15) is 0 Å². The first-order valence-electron chi connectivity index (χ1n) is 7.21. The molecule has 1 aromatic carbocycles. The molecule has 21 heavy (non-hydrogen) atoms. The van der Waals surface area contributed by atoms with Crippen LogP contribution in [0.3, 0.4) is 0 Å². The van der Waals surface area contributed by atoms with Crippen molar-refractivity contribution in [2.75, 3.05) is 13.6 Å². The van der Waals surface area contributed by atoms with E-state index < -0.39 is 0 Å². The number of hydrogen-bond acceptors (Lipinski definition) is 3. The molecule has 0 amide bonds. The number of nitrogens with zero attached hydrogens (tertiary/aromatic N) is 4. The highest BCUT2D eigenvalue weighted by atomic mass is 15.1. The summed E-state index contributed by atoms with van der Waals surface area (Å²) in [7, 11) is 4.19. The zero-order valence-corrected chi connectivity index (χ0v) is 12.5. The number of aromatic nitrogens is 3. The number of rotatable bonds is 5.